The first kappa shape index (κ1) is 15.1. The maximum absolute atomic E-state index is 12.2. The number of aliphatic hydroxyl groups is 1. The lowest BCUT2D eigenvalue weighted by molar-refractivity contribution is -0.148. The number of aliphatic carboxylic acids is 1. The van der Waals surface area contributed by atoms with Crippen molar-refractivity contribution in [3.8, 4) is 0 Å². The standard InChI is InChI=1S/C12H12Cl2N2O4/c13-6-1-7(14)3-8(2-6)16-10(18)12(11(19)20)4-9(17)5-15-12/h1-3,9,15,17H,4-5H2,(H,16,18)(H,19,20). The molecule has 1 aliphatic rings. The first-order valence-corrected chi connectivity index (χ1v) is 6.53. The zero-order valence-corrected chi connectivity index (χ0v) is 11.7. The molecule has 2 rings (SSSR count). The van der Waals surface area contributed by atoms with Crippen LogP contribution in [-0.4, -0.2) is 40.3 Å². The molecule has 1 aromatic carbocycles. The van der Waals surface area contributed by atoms with Gasteiger partial charge in [0.1, 0.15) is 0 Å². The normalized spacial score (nSPS) is 25.4. The third kappa shape index (κ3) is 2.88. The molecule has 1 aliphatic heterocycles. The zero-order valence-electron chi connectivity index (χ0n) is 10.2. The highest BCUT2D eigenvalue weighted by Gasteiger charge is 2.51. The van der Waals surface area contributed by atoms with E-state index in [0.29, 0.717) is 10.0 Å². The Morgan fingerprint density at radius 1 is 1.30 bits per heavy atom. The smallest absolute Gasteiger partial charge is 0.333 e. The average molecular weight is 319 g/mol. The second-order valence-corrected chi connectivity index (χ2v) is 5.43. The van der Waals surface area contributed by atoms with E-state index >= 15 is 0 Å². The Morgan fingerprint density at radius 2 is 1.90 bits per heavy atom. The van der Waals surface area contributed by atoms with Gasteiger partial charge in [0, 0.05) is 28.7 Å². The van der Waals surface area contributed by atoms with Crippen molar-refractivity contribution >= 4 is 40.8 Å². The van der Waals surface area contributed by atoms with Gasteiger partial charge in [0.25, 0.3) is 5.91 Å². The number of benzene rings is 1. The molecule has 20 heavy (non-hydrogen) atoms. The minimum Gasteiger partial charge on any atom is -0.479 e. The van der Waals surface area contributed by atoms with Crippen molar-refractivity contribution in [1.82, 2.24) is 5.32 Å². The van der Waals surface area contributed by atoms with E-state index < -0.39 is 23.5 Å². The topological polar surface area (TPSA) is 98.7 Å². The first-order chi connectivity index (χ1) is 9.33. The number of carbonyl (C=O) groups is 2. The van der Waals surface area contributed by atoms with Gasteiger partial charge >= 0.3 is 5.97 Å². The van der Waals surface area contributed by atoms with Gasteiger partial charge in [0.15, 0.2) is 5.54 Å². The summed E-state index contributed by atoms with van der Waals surface area (Å²) in [6, 6.07) is 4.39. The summed E-state index contributed by atoms with van der Waals surface area (Å²) in [5, 5.41) is 24.3. The van der Waals surface area contributed by atoms with Crippen LogP contribution in [0.15, 0.2) is 18.2 Å². The van der Waals surface area contributed by atoms with Crippen molar-refractivity contribution in [3.05, 3.63) is 28.2 Å². The quantitative estimate of drug-likeness (QED) is 0.626. The van der Waals surface area contributed by atoms with E-state index in [0.717, 1.165) is 0 Å². The number of nitrogens with one attached hydrogen (secondary N) is 2. The number of carbonyl (C=O) groups excluding carboxylic acids is 1. The average Bonchev–Trinajstić information content (AvgIpc) is 2.71. The van der Waals surface area contributed by atoms with Crippen molar-refractivity contribution in [2.45, 2.75) is 18.1 Å². The molecule has 2 atom stereocenters. The van der Waals surface area contributed by atoms with E-state index in [1.54, 1.807) is 0 Å². The summed E-state index contributed by atoms with van der Waals surface area (Å²) in [6.45, 7) is 0.0377. The van der Waals surface area contributed by atoms with Gasteiger partial charge in [-0.15, -0.1) is 0 Å². The largest absolute Gasteiger partial charge is 0.479 e. The highest BCUT2D eigenvalue weighted by molar-refractivity contribution is 6.35. The van der Waals surface area contributed by atoms with Gasteiger partial charge in [-0.2, -0.15) is 0 Å². The van der Waals surface area contributed by atoms with Gasteiger partial charge in [-0.3, -0.25) is 10.1 Å². The molecular weight excluding hydrogens is 307 g/mol. The Labute approximate surface area is 124 Å². The molecule has 1 saturated heterocycles. The third-order valence-corrected chi connectivity index (χ3v) is 3.49. The van der Waals surface area contributed by atoms with E-state index in [-0.39, 0.29) is 18.7 Å². The summed E-state index contributed by atoms with van der Waals surface area (Å²) in [5.74, 6) is -2.13. The summed E-state index contributed by atoms with van der Waals surface area (Å²) < 4.78 is 0. The second kappa shape index (κ2) is 5.57. The summed E-state index contributed by atoms with van der Waals surface area (Å²) in [4.78, 5) is 23.5. The molecule has 6 nitrogen and oxygen atoms in total. The molecular formula is C12H12Cl2N2O4. The number of anilines is 1. The van der Waals surface area contributed by atoms with Crippen LogP contribution in [0.3, 0.4) is 0 Å². The molecule has 4 N–H and O–H groups in total. The van der Waals surface area contributed by atoms with Gasteiger partial charge in [-0.25, -0.2) is 4.79 Å². The number of carboxylic acid groups (broad SMARTS) is 1. The minimum atomic E-state index is -1.85. The van der Waals surface area contributed by atoms with Gasteiger partial charge < -0.3 is 15.5 Å². The van der Waals surface area contributed by atoms with Crippen LogP contribution >= 0.6 is 23.2 Å². The Bertz CT molecular complexity index is 546. The highest BCUT2D eigenvalue weighted by Crippen LogP contribution is 2.26. The molecule has 108 valence electrons. The first-order valence-electron chi connectivity index (χ1n) is 5.77. The molecule has 1 heterocycles. The van der Waals surface area contributed by atoms with Gasteiger partial charge in [-0.1, -0.05) is 23.2 Å². The number of hydrogen-bond donors (Lipinski definition) is 4. The molecule has 0 saturated carbocycles. The molecule has 1 amide bonds. The lowest BCUT2D eigenvalue weighted by atomic mass is 9.95. The summed E-state index contributed by atoms with van der Waals surface area (Å²) in [5.41, 5.74) is -1.56. The number of aliphatic hydroxyl groups excluding tert-OH is 1. The Hall–Kier alpha value is -1.34. The number of amides is 1. The third-order valence-electron chi connectivity index (χ3n) is 3.05. The lowest BCUT2D eigenvalue weighted by Gasteiger charge is -2.23. The fourth-order valence-corrected chi connectivity index (χ4v) is 2.61. The van der Waals surface area contributed by atoms with Crippen LogP contribution < -0.4 is 10.6 Å². The molecule has 1 fully saturated rings. The lowest BCUT2D eigenvalue weighted by Crippen LogP contribution is -2.56. The van der Waals surface area contributed by atoms with Gasteiger partial charge in [-0.05, 0) is 18.2 Å². The predicted octanol–water partition coefficient (Wildman–Crippen LogP) is 1.11. The second-order valence-electron chi connectivity index (χ2n) is 4.56. The van der Waals surface area contributed by atoms with E-state index in [4.69, 9.17) is 23.2 Å². The van der Waals surface area contributed by atoms with Crippen molar-refractivity contribution in [2.75, 3.05) is 11.9 Å². The molecule has 0 radical (unpaired) electrons. The van der Waals surface area contributed by atoms with Crippen LogP contribution in [0.4, 0.5) is 5.69 Å². The number of hydrogen-bond acceptors (Lipinski definition) is 4. The van der Waals surface area contributed by atoms with E-state index in [1.165, 1.54) is 18.2 Å². The van der Waals surface area contributed by atoms with Crippen molar-refractivity contribution in [2.24, 2.45) is 0 Å². The fourth-order valence-electron chi connectivity index (χ4n) is 2.09. The molecule has 0 bridgehead atoms. The Morgan fingerprint density at radius 3 is 2.35 bits per heavy atom. The van der Waals surface area contributed by atoms with Crippen LogP contribution in [0, 0.1) is 0 Å². The van der Waals surface area contributed by atoms with Gasteiger partial charge in [0.2, 0.25) is 0 Å². The van der Waals surface area contributed by atoms with Gasteiger partial charge in [0.05, 0.1) is 6.10 Å². The Balaban J connectivity index is 2.23. The van der Waals surface area contributed by atoms with Crippen molar-refractivity contribution < 1.29 is 19.8 Å². The number of halogens is 2. The maximum Gasteiger partial charge on any atom is 0.333 e. The summed E-state index contributed by atoms with van der Waals surface area (Å²) >= 11 is 11.6. The SMILES string of the molecule is O=C(O)C1(C(=O)Nc2cc(Cl)cc(Cl)c2)CC(O)CN1. The summed E-state index contributed by atoms with van der Waals surface area (Å²) in [6.07, 6.45) is -1.09. The molecule has 2 unspecified atom stereocenters. The maximum atomic E-state index is 12.2. The zero-order chi connectivity index (χ0) is 14.9. The van der Waals surface area contributed by atoms with Crippen LogP contribution in [0.2, 0.25) is 10.0 Å². The number of β-amino-alcohol motifs (C(OH)–C–C–N with tert-alkyl or cyclic N) is 1. The van der Waals surface area contributed by atoms with E-state index in [1.807, 2.05) is 0 Å². The van der Waals surface area contributed by atoms with Crippen molar-refractivity contribution in [3.63, 3.8) is 0 Å². The van der Waals surface area contributed by atoms with Crippen LogP contribution in [0.5, 0.6) is 0 Å². The minimum absolute atomic E-state index is 0.0377. The number of carboxylic acids is 1. The molecule has 8 heteroatoms. The van der Waals surface area contributed by atoms with Crippen molar-refractivity contribution in [1.29, 1.82) is 0 Å². The van der Waals surface area contributed by atoms with Crippen LogP contribution in [0.1, 0.15) is 6.42 Å². The molecule has 0 aliphatic carbocycles. The monoisotopic (exact) mass is 318 g/mol. The highest BCUT2D eigenvalue weighted by atomic mass is 35.5. The Kier molecular flexibility index (Phi) is 4.19. The van der Waals surface area contributed by atoms with E-state index in [9.17, 15) is 19.8 Å². The molecule has 1 aromatic rings. The van der Waals surface area contributed by atoms with Crippen LogP contribution in [0.25, 0.3) is 0 Å². The fraction of sp³-hybridized carbons (Fsp3) is 0.333. The van der Waals surface area contributed by atoms with Crippen LogP contribution in [-0.2, 0) is 9.59 Å². The number of rotatable bonds is 3. The molecule has 0 spiro atoms. The van der Waals surface area contributed by atoms with E-state index in [2.05, 4.69) is 10.6 Å². The predicted molar refractivity (Wildman–Crippen MR) is 74.1 cm³/mol. The summed E-state index contributed by atoms with van der Waals surface area (Å²) in [7, 11) is 0. The molecule has 0 aromatic heterocycles.